The highest BCUT2D eigenvalue weighted by Crippen LogP contribution is 2.17. The molecule has 0 fully saturated rings. The first-order chi connectivity index (χ1) is 10.6. The zero-order valence-electron chi connectivity index (χ0n) is 12.9. The number of hydrogen-bond acceptors (Lipinski definition) is 2. The average Bonchev–Trinajstić information content (AvgIpc) is 2.52. The topological polar surface area (TPSA) is 24.1 Å². The number of hydrogen-bond donors (Lipinski definition) is 2. The summed E-state index contributed by atoms with van der Waals surface area (Å²) in [5.74, 6) is -0.398. The lowest BCUT2D eigenvalue weighted by atomic mass is 10.1. The van der Waals surface area contributed by atoms with Crippen molar-refractivity contribution < 1.29 is 8.78 Å². The van der Waals surface area contributed by atoms with Crippen molar-refractivity contribution in [3.05, 3.63) is 71.3 Å². The van der Waals surface area contributed by atoms with Gasteiger partial charge in [0.25, 0.3) is 0 Å². The van der Waals surface area contributed by atoms with E-state index >= 15 is 0 Å². The maximum Gasteiger partial charge on any atom is 0.127 e. The van der Waals surface area contributed by atoms with Gasteiger partial charge in [-0.05, 0) is 26.0 Å². The molecule has 2 N–H and O–H groups in total. The molecule has 0 amide bonds. The third-order valence-electron chi connectivity index (χ3n) is 3.77. The molecule has 2 aromatic carbocycles. The molecule has 22 heavy (non-hydrogen) atoms. The third kappa shape index (κ3) is 4.36. The Morgan fingerprint density at radius 3 is 1.45 bits per heavy atom. The van der Waals surface area contributed by atoms with E-state index in [9.17, 15) is 8.78 Å². The van der Waals surface area contributed by atoms with E-state index in [4.69, 9.17) is 0 Å². The Bertz CT molecular complexity index is 548. The summed E-state index contributed by atoms with van der Waals surface area (Å²) in [6, 6.07) is 13.4. The fourth-order valence-corrected chi connectivity index (χ4v) is 2.45. The quantitative estimate of drug-likeness (QED) is 0.756. The molecule has 0 unspecified atom stereocenters. The Labute approximate surface area is 130 Å². The summed E-state index contributed by atoms with van der Waals surface area (Å²) in [6.45, 7) is 5.21. The second-order valence-corrected chi connectivity index (χ2v) is 5.39. The van der Waals surface area contributed by atoms with E-state index in [-0.39, 0.29) is 23.7 Å². The van der Waals surface area contributed by atoms with Gasteiger partial charge < -0.3 is 10.6 Å². The van der Waals surface area contributed by atoms with Crippen LogP contribution in [0.1, 0.15) is 37.1 Å². The maximum atomic E-state index is 13.6. The van der Waals surface area contributed by atoms with E-state index in [1.54, 1.807) is 24.3 Å². The van der Waals surface area contributed by atoms with Gasteiger partial charge in [-0.3, -0.25) is 0 Å². The van der Waals surface area contributed by atoms with E-state index < -0.39 is 0 Å². The van der Waals surface area contributed by atoms with Crippen LogP contribution < -0.4 is 10.6 Å². The van der Waals surface area contributed by atoms with Crippen LogP contribution in [0.4, 0.5) is 8.78 Å². The van der Waals surface area contributed by atoms with E-state index in [1.807, 2.05) is 26.0 Å². The zero-order valence-corrected chi connectivity index (χ0v) is 12.9. The zero-order chi connectivity index (χ0) is 15.9. The van der Waals surface area contributed by atoms with Crippen LogP contribution in [0, 0.1) is 11.6 Å². The van der Waals surface area contributed by atoms with Crippen molar-refractivity contribution in [3.63, 3.8) is 0 Å². The minimum absolute atomic E-state index is 0.0632. The number of benzene rings is 2. The van der Waals surface area contributed by atoms with E-state index in [0.717, 1.165) is 0 Å². The van der Waals surface area contributed by atoms with Gasteiger partial charge in [-0.25, -0.2) is 8.78 Å². The van der Waals surface area contributed by atoms with Gasteiger partial charge in [0.1, 0.15) is 11.6 Å². The molecule has 0 radical (unpaired) electrons. The van der Waals surface area contributed by atoms with E-state index in [1.165, 1.54) is 12.1 Å². The second kappa shape index (κ2) is 8.01. The molecule has 0 aliphatic heterocycles. The van der Waals surface area contributed by atoms with E-state index in [0.29, 0.717) is 24.2 Å². The lowest BCUT2D eigenvalue weighted by Crippen LogP contribution is -2.31. The fraction of sp³-hybridized carbons (Fsp3) is 0.333. The lowest BCUT2D eigenvalue weighted by Gasteiger charge is -2.18. The summed E-state index contributed by atoms with van der Waals surface area (Å²) in [5, 5.41) is 6.53. The predicted molar refractivity (Wildman–Crippen MR) is 85.6 cm³/mol. The molecule has 0 aliphatic carbocycles. The minimum Gasteiger partial charge on any atom is -0.309 e. The van der Waals surface area contributed by atoms with Crippen LogP contribution in [0.3, 0.4) is 0 Å². The summed E-state index contributed by atoms with van der Waals surface area (Å²) >= 11 is 0. The highest BCUT2D eigenvalue weighted by atomic mass is 19.1. The smallest absolute Gasteiger partial charge is 0.127 e. The normalized spacial score (nSPS) is 13.8. The molecular formula is C18H22F2N2. The molecular weight excluding hydrogens is 282 g/mol. The van der Waals surface area contributed by atoms with Crippen LogP contribution in [0.15, 0.2) is 48.5 Å². The van der Waals surface area contributed by atoms with Crippen molar-refractivity contribution in [2.45, 2.75) is 25.9 Å². The molecule has 0 saturated carbocycles. The van der Waals surface area contributed by atoms with Crippen LogP contribution in [0.2, 0.25) is 0 Å². The fourth-order valence-electron chi connectivity index (χ4n) is 2.45. The van der Waals surface area contributed by atoms with Crippen molar-refractivity contribution in [2.24, 2.45) is 0 Å². The molecule has 4 heteroatoms. The van der Waals surface area contributed by atoms with Gasteiger partial charge in [0.15, 0.2) is 0 Å². The van der Waals surface area contributed by atoms with Gasteiger partial charge >= 0.3 is 0 Å². The van der Waals surface area contributed by atoms with E-state index in [2.05, 4.69) is 10.6 Å². The summed E-state index contributed by atoms with van der Waals surface area (Å²) in [4.78, 5) is 0. The SMILES string of the molecule is C[C@H](NCCN[C@@H](C)c1ccccc1F)c1ccccc1F. The van der Waals surface area contributed by atoms with Gasteiger partial charge in [-0.2, -0.15) is 0 Å². The lowest BCUT2D eigenvalue weighted by molar-refractivity contribution is 0.485. The Morgan fingerprint density at radius 1 is 0.727 bits per heavy atom. The highest BCUT2D eigenvalue weighted by Gasteiger charge is 2.11. The molecule has 0 heterocycles. The van der Waals surface area contributed by atoms with Crippen molar-refractivity contribution in [1.82, 2.24) is 10.6 Å². The van der Waals surface area contributed by atoms with Crippen molar-refractivity contribution in [2.75, 3.05) is 13.1 Å². The van der Waals surface area contributed by atoms with Gasteiger partial charge in [0.05, 0.1) is 0 Å². The summed E-state index contributed by atoms with van der Waals surface area (Å²) < 4.78 is 27.3. The Balaban J connectivity index is 1.78. The molecule has 0 saturated heterocycles. The first kappa shape index (κ1) is 16.6. The van der Waals surface area contributed by atoms with Crippen molar-refractivity contribution in [1.29, 1.82) is 0 Å². The maximum absolute atomic E-state index is 13.6. The average molecular weight is 304 g/mol. The third-order valence-corrected chi connectivity index (χ3v) is 3.77. The van der Waals surface area contributed by atoms with Crippen molar-refractivity contribution in [3.8, 4) is 0 Å². The van der Waals surface area contributed by atoms with Gasteiger partial charge in [0, 0.05) is 36.3 Å². The van der Waals surface area contributed by atoms with Crippen LogP contribution >= 0.6 is 0 Å². The largest absolute Gasteiger partial charge is 0.309 e. The summed E-state index contributed by atoms with van der Waals surface area (Å²) in [6.07, 6.45) is 0. The van der Waals surface area contributed by atoms with Crippen LogP contribution in [-0.4, -0.2) is 13.1 Å². The molecule has 0 spiro atoms. The minimum atomic E-state index is -0.199. The first-order valence-electron chi connectivity index (χ1n) is 7.55. The molecule has 2 atom stereocenters. The Morgan fingerprint density at radius 2 is 1.09 bits per heavy atom. The molecule has 0 aromatic heterocycles. The van der Waals surface area contributed by atoms with Crippen molar-refractivity contribution >= 4 is 0 Å². The van der Waals surface area contributed by atoms with Gasteiger partial charge in [0.2, 0.25) is 0 Å². The Hall–Kier alpha value is -1.78. The monoisotopic (exact) mass is 304 g/mol. The highest BCUT2D eigenvalue weighted by molar-refractivity contribution is 5.21. The standard InChI is InChI=1S/C18H22F2N2/c1-13(15-7-3-5-9-17(15)19)21-11-12-22-14(2)16-8-4-6-10-18(16)20/h3-10,13-14,21-22H,11-12H2,1-2H3/t13-,14-/m0/s1. The molecule has 0 aliphatic rings. The Kier molecular flexibility index (Phi) is 6.04. The molecule has 118 valence electrons. The van der Waals surface area contributed by atoms with Gasteiger partial charge in [-0.1, -0.05) is 36.4 Å². The van der Waals surface area contributed by atoms with Crippen LogP contribution in [0.5, 0.6) is 0 Å². The van der Waals surface area contributed by atoms with Crippen LogP contribution in [-0.2, 0) is 0 Å². The summed E-state index contributed by atoms with van der Waals surface area (Å²) in [7, 11) is 0. The first-order valence-corrected chi connectivity index (χ1v) is 7.55. The number of rotatable bonds is 7. The molecule has 2 rings (SSSR count). The molecule has 0 bridgehead atoms. The number of halogens is 2. The van der Waals surface area contributed by atoms with Gasteiger partial charge in [-0.15, -0.1) is 0 Å². The number of nitrogens with one attached hydrogen (secondary N) is 2. The molecule has 2 aromatic rings. The predicted octanol–water partition coefficient (Wildman–Crippen LogP) is 3.97. The molecule has 2 nitrogen and oxygen atoms in total. The second-order valence-electron chi connectivity index (χ2n) is 5.39. The summed E-state index contributed by atoms with van der Waals surface area (Å²) in [5.41, 5.74) is 1.31. The van der Waals surface area contributed by atoms with Crippen LogP contribution in [0.25, 0.3) is 0 Å².